The molecule has 0 aromatic carbocycles. The average Bonchev–Trinajstić information content (AvgIpc) is 2.57. The van der Waals surface area contributed by atoms with Gasteiger partial charge in [0.1, 0.15) is 12.0 Å². The number of hydrogen-bond acceptors (Lipinski definition) is 6. The van der Waals surface area contributed by atoms with Crippen LogP contribution in [0.5, 0.6) is 5.88 Å². The minimum atomic E-state index is 0.178. The number of nitrogens with zero attached hydrogens (tertiary/aromatic N) is 3. The van der Waals surface area contributed by atoms with Crippen molar-refractivity contribution in [1.82, 2.24) is 9.97 Å². The summed E-state index contributed by atoms with van der Waals surface area (Å²) in [7, 11) is 0. The lowest BCUT2D eigenvalue weighted by atomic mass is 10.3. The van der Waals surface area contributed by atoms with E-state index >= 15 is 0 Å². The van der Waals surface area contributed by atoms with Gasteiger partial charge in [0.15, 0.2) is 5.82 Å². The van der Waals surface area contributed by atoms with Crippen LogP contribution < -0.4 is 15.4 Å². The number of anilines is 2. The Morgan fingerprint density at radius 3 is 3.17 bits per heavy atom. The summed E-state index contributed by atoms with van der Waals surface area (Å²) in [5, 5.41) is 0. The highest BCUT2D eigenvalue weighted by molar-refractivity contribution is 5.67. The number of aromatic nitrogens is 2. The maximum absolute atomic E-state index is 6.06. The standard InChI is InChI=1S/C12H20N4O2/c1-3-17-12-10(13)11(14-8-15-12)16-5-4-6-18-9(2)7-16/h8-9H,3-7,13H2,1-2H3. The molecule has 0 saturated carbocycles. The molecule has 1 fully saturated rings. The fourth-order valence-corrected chi connectivity index (χ4v) is 2.06. The van der Waals surface area contributed by atoms with Gasteiger partial charge in [-0.15, -0.1) is 0 Å². The van der Waals surface area contributed by atoms with Gasteiger partial charge in [-0.1, -0.05) is 0 Å². The fourth-order valence-electron chi connectivity index (χ4n) is 2.06. The summed E-state index contributed by atoms with van der Waals surface area (Å²) in [6.45, 7) is 6.95. The van der Waals surface area contributed by atoms with E-state index in [1.165, 1.54) is 6.33 Å². The van der Waals surface area contributed by atoms with Crippen LogP contribution in [0.1, 0.15) is 20.3 Å². The van der Waals surface area contributed by atoms with Crippen molar-refractivity contribution in [3.8, 4) is 5.88 Å². The lowest BCUT2D eigenvalue weighted by Gasteiger charge is -2.24. The summed E-state index contributed by atoms with van der Waals surface area (Å²) in [6.07, 6.45) is 2.64. The second-order valence-electron chi connectivity index (χ2n) is 4.33. The van der Waals surface area contributed by atoms with E-state index in [2.05, 4.69) is 21.8 Å². The van der Waals surface area contributed by atoms with Crippen LogP contribution in [0.4, 0.5) is 11.5 Å². The third-order valence-electron chi connectivity index (χ3n) is 2.86. The van der Waals surface area contributed by atoms with Gasteiger partial charge in [0.2, 0.25) is 5.88 Å². The van der Waals surface area contributed by atoms with Crippen molar-refractivity contribution in [3.63, 3.8) is 0 Å². The monoisotopic (exact) mass is 252 g/mol. The minimum absolute atomic E-state index is 0.178. The molecule has 1 aromatic heterocycles. The van der Waals surface area contributed by atoms with E-state index in [1.807, 2.05) is 6.92 Å². The van der Waals surface area contributed by atoms with Crippen LogP contribution in [0.25, 0.3) is 0 Å². The number of rotatable bonds is 3. The van der Waals surface area contributed by atoms with Crippen molar-refractivity contribution in [2.45, 2.75) is 26.4 Å². The molecular formula is C12H20N4O2. The zero-order valence-corrected chi connectivity index (χ0v) is 10.9. The number of nitrogens with two attached hydrogens (primary N) is 1. The van der Waals surface area contributed by atoms with Crippen LogP contribution in [0.2, 0.25) is 0 Å². The lowest BCUT2D eigenvalue weighted by Crippen LogP contribution is -2.31. The van der Waals surface area contributed by atoms with Gasteiger partial charge in [-0.25, -0.2) is 4.98 Å². The number of nitrogen functional groups attached to an aromatic ring is 1. The highest BCUT2D eigenvalue weighted by atomic mass is 16.5. The first kappa shape index (κ1) is 12.9. The van der Waals surface area contributed by atoms with Crippen LogP contribution in [-0.2, 0) is 4.74 Å². The van der Waals surface area contributed by atoms with Crippen molar-refractivity contribution in [1.29, 1.82) is 0 Å². The van der Waals surface area contributed by atoms with Crippen LogP contribution in [0.15, 0.2) is 6.33 Å². The van der Waals surface area contributed by atoms with E-state index in [9.17, 15) is 0 Å². The van der Waals surface area contributed by atoms with Crippen molar-refractivity contribution in [2.24, 2.45) is 0 Å². The van der Waals surface area contributed by atoms with Gasteiger partial charge in [0, 0.05) is 19.7 Å². The molecule has 0 radical (unpaired) electrons. The molecule has 18 heavy (non-hydrogen) atoms. The Balaban J connectivity index is 2.23. The van der Waals surface area contributed by atoms with Crippen molar-refractivity contribution in [2.75, 3.05) is 36.9 Å². The second-order valence-corrected chi connectivity index (χ2v) is 4.33. The van der Waals surface area contributed by atoms with Gasteiger partial charge in [-0.2, -0.15) is 4.98 Å². The maximum Gasteiger partial charge on any atom is 0.242 e. The van der Waals surface area contributed by atoms with Gasteiger partial charge < -0.3 is 20.1 Å². The predicted octanol–water partition coefficient (Wildman–Crippen LogP) is 1.07. The lowest BCUT2D eigenvalue weighted by molar-refractivity contribution is 0.0820. The van der Waals surface area contributed by atoms with E-state index in [0.29, 0.717) is 18.2 Å². The van der Waals surface area contributed by atoms with Gasteiger partial charge in [-0.3, -0.25) is 0 Å². The molecule has 2 heterocycles. The molecule has 1 unspecified atom stereocenters. The third-order valence-corrected chi connectivity index (χ3v) is 2.86. The van der Waals surface area contributed by atoms with Crippen LogP contribution in [-0.4, -0.2) is 42.4 Å². The quantitative estimate of drug-likeness (QED) is 0.867. The molecule has 1 saturated heterocycles. The summed E-state index contributed by atoms with van der Waals surface area (Å²) < 4.78 is 11.0. The number of ether oxygens (including phenoxy) is 2. The largest absolute Gasteiger partial charge is 0.476 e. The van der Waals surface area contributed by atoms with Crippen molar-refractivity contribution < 1.29 is 9.47 Å². The van der Waals surface area contributed by atoms with Gasteiger partial charge in [0.25, 0.3) is 0 Å². The predicted molar refractivity (Wildman–Crippen MR) is 69.9 cm³/mol. The molecule has 1 aliphatic heterocycles. The van der Waals surface area contributed by atoms with E-state index in [4.69, 9.17) is 15.2 Å². The van der Waals surface area contributed by atoms with Crippen LogP contribution in [0.3, 0.4) is 0 Å². The Morgan fingerprint density at radius 1 is 1.56 bits per heavy atom. The fraction of sp³-hybridized carbons (Fsp3) is 0.667. The SMILES string of the molecule is CCOc1ncnc(N2CCCOC(C)C2)c1N. The normalized spacial score (nSPS) is 20.6. The van der Waals surface area contributed by atoms with Crippen LogP contribution in [0, 0.1) is 0 Å². The molecule has 6 nitrogen and oxygen atoms in total. The van der Waals surface area contributed by atoms with Crippen molar-refractivity contribution >= 4 is 11.5 Å². The molecule has 100 valence electrons. The molecule has 2 N–H and O–H groups in total. The van der Waals surface area contributed by atoms with Crippen molar-refractivity contribution in [3.05, 3.63) is 6.33 Å². The zero-order chi connectivity index (χ0) is 13.0. The minimum Gasteiger partial charge on any atom is -0.476 e. The summed E-state index contributed by atoms with van der Waals surface area (Å²) in [5.74, 6) is 1.20. The Hall–Kier alpha value is -1.56. The molecule has 0 amide bonds. The molecule has 0 spiro atoms. The van der Waals surface area contributed by atoms with Crippen LogP contribution >= 0.6 is 0 Å². The molecule has 0 bridgehead atoms. The second kappa shape index (κ2) is 5.86. The smallest absolute Gasteiger partial charge is 0.242 e. The Labute approximate surface area is 107 Å². The van der Waals surface area contributed by atoms with Gasteiger partial charge in [-0.05, 0) is 20.3 Å². The average molecular weight is 252 g/mol. The third kappa shape index (κ3) is 2.81. The molecule has 0 aliphatic carbocycles. The molecule has 2 rings (SSSR count). The van der Waals surface area contributed by atoms with Gasteiger partial charge in [0.05, 0.1) is 12.7 Å². The molecule has 1 aliphatic rings. The zero-order valence-electron chi connectivity index (χ0n) is 10.9. The molecule has 1 aromatic rings. The maximum atomic E-state index is 6.06. The summed E-state index contributed by atoms with van der Waals surface area (Å²) in [6, 6.07) is 0. The highest BCUT2D eigenvalue weighted by Gasteiger charge is 2.20. The van der Waals surface area contributed by atoms with E-state index in [1.54, 1.807) is 0 Å². The van der Waals surface area contributed by atoms with E-state index < -0.39 is 0 Å². The van der Waals surface area contributed by atoms with E-state index in [-0.39, 0.29) is 6.10 Å². The Bertz CT molecular complexity index is 400. The topological polar surface area (TPSA) is 73.5 Å². The number of hydrogen-bond donors (Lipinski definition) is 1. The Kier molecular flexibility index (Phi) is 4.19. The summed E-state index contributed by atoms with van der Waals surface area (Å²) in [4.78, 5) is 10.5. The van der Waals surface area contributed by atoms with E-state index in [0.717, 1.165) is 31.9 Å². The highest BCUT2D eigenvalue weighted by Crippen LogP contribution is 2.28. The summed E-state index contributed by atoms with van der Waals surface area (Å²) >= 11 is 0. The first-order valence-corrected chi connectivity index (χ1v) is 6.32. The first-order valence-electron chi connectivity index (χ1n) is 6.32. The Morgan fingerprint density at radius 2 is 2.39 bits per heavy atom. The van der Waals surface area contributed by atoms with Gasteiger partial charge >= 0.3 is 0 Å². The first-order chi connectivity index (χ1) is 8.72. The summed E-state index contributed by atoms with van der Waals surface area (Å²) in [5.41, 5.74) is 6.57. The molecule has 1 atom stereocenters. The molecule has 6 heteroatoms. The molecular weight excluding hydrogens is 232 g/mol.